The van der Waals surface area contributed by atoms with E-state index in [-0.39, 0.29) is 17.6 Å². The van der Waals surface area contributed by atoms with E-state index in [0.29, 0.717) is 19.3 Å². The summed E-state index contributed by atoms with van der Waals surface area (Å²) in [5.41, 5.74) is 1.45. The number of rotatable bonds is 0. The summed E-state index contributed by atoms with van der Waals surface area (Å²) < 4.78 is 0. The molecule has 2 aliphatic heterocycles. The summed E-state index contributed by atoms with van der Waals surface area (Å²) in [6, 6.07) is 5.93. The Morgan fingerprint density at radius 2 is 1.83 bits per heavy atom. The molecule has 0 amide bonds. The molecule has 0 radical (unpaired) electrons. The van der Waals surface area contributed by atoms with Crippen molar-refractivity contribution in [1.82, 2.24) is 0 Å². The average Bonchev–Trinajstić information content (AvgIpc) is 2.79. The van der Waals surface area contributed by atoms with E-state index in [1.165, 1.54) is 6.42 Å². The van der Waals surface area contributed by atoms with Gasteiger partial charge in [0.1, 0.15) is 17.0 Å². The van der Waals surface area contributed by atoms with Gasteiger partial charge in [-0.05, 0) is 43.4 Å². The average molecular weight is 332 g/mol. The number of anilines is 1. The number of fused-ring (bicyclic) bond motifs is 4. The van der Waals surface area contributed by atoms with Gasteiger partial charge in [-0.2, -0.15) is 0 Å². The molecule has 1 atom stereocenters. The van der Waals surface area contributed by atoms with E-state index in [4.69, 9.17) is 11.6 Å². The Balaban J connectivity index is 1.89. The topological polar surface area (TPSA) is 37.4 Å². The van der Waals surface area contributed by atoms with E-state index < -0.39 is 5.41 Å². The molecular weight excluding hydrogens is 310 g/mol. The molecule has 1 saturated heterocycles. The van der Waals surface area contributed by atoms with E-state index in [0.717, 1.165) is 48.5 Å². The van der Waals surface area contributed by atoms with Crippen LogP contribution < -0.4 is 4.90 Å². The molecule has 2 fully saturated rings. The first-order valence-corrected chi connectivity index (χ1v) is 9.12. The van der Waals surface area contributed by atoms with Crippen LogP contribution in [0.2, 0.25) is 5.02 Å². The zero-order chi connectivity index (χ0) is 16.0. The number of hydrogen-bond donors (Lipinski definition) is 0. The van der Waals surface area contributed by atoms with Gasteiger partial charge < -0.3 is 4.90 Å². The predicted octanol–water partition coefficient (Wildman–Crippen LogP) is 3.95. The second-order valence-electron chi connectivity index (χ2n) is 7.18. The molecule has 1 saturated carbocycles. The molecule has 3 nitrogen and oxygen atoms in total. The normalized spacial score (nSPS) is 26.7. The highest BCUT2D eigenvalue weighted by atomic mass is 35.5. The summed E-state index contributed by atoms with van der Waals surface area (Å²) in [6.45, 7) is 0.917. The summed E-state index contributed by atoms with van der Waals surface area (Å²) in [5, 5.41) is 0.726. The van der Waals surface area contributed by atoms with Crippen molar-refractivity contribution in [3.05, 3.63) is 28.8 Å². The molecule has 2 heterocycles. The van der Waals surface area contributed by atoms with Crippen molar-refractivity contribution in [2.45, 2.75) is 57.4 Å². The Labute approximate surface area is 142 Å². The van der Waals surface area contributed by atoms with Gasteiger partial charge in [0, 0.05) is 36.1 Å². The maximum Gasteiger partial charge on any atom is 0.148 e. The van der Waals surface area contributed by atoms with Crippen LogP contribution in [0.5, 0.6) is 0 Å². The lowest BCUT2D eigenvalue weighted by molar-refractivity contribution is -0.146. The SMILES string of the molecule is O=C1CCCC(=O)C12Cc1ccc(Cl)cc1N1CCCCC[C@@H]12. The number of ketones is 2. The maximum absolute atomic E-state index is 13.0. The number of Topliss-reactive ketones (excluding diaryl/α,β-unsaturated/α-hetero) is 2. The van der Waals surface area contributed by atoms with Crippen LogP contribution in [0.4, 0.5) is 5.69 Å². The fraction of sp³-hybridized carbons (Fsp3) is 0.579. The Morgan fingerprint density at radius 3 is 2.61 bits per heavy atom. The lowest BCUT2D eigenvalue weighted by Crippen LogP contribution is -2.61. The third kappa shape index (κ3) is 2.24. The lowest BCUT2D eigenvalue weighted by Gasteiger charge is -2.50. The quantitative estimate of drug-likeness (QED) is 0.675. The number of carbonyl (C=O) groups is 2. The Morgan fingerprint density at radius 1 is 1.04 bits per heavy atom. The van der Waals surface area contributed by atoms with Gasteiger partial charge >= 0.3 is 0 Å². The van der Waals surface area contributed by atoms with Gasteiger partial charge in [-0.25, -0.2) is 0 Å². The maximum atomic E-state index is 13.0. The summed E-state index contributed by atoms with van der Waals surface area (Å²) in [5.74, 6) is 0.345. The molecule has 1 aromatic rings. The number of nitrogens with zero attached hydrogens (tertiary/aromatic N) is 1. The van der Waals surface area contributed by atoms with Crippen LogP contribution in [0.1, 0.15) is 50.5 Å². The lowest BCUT2D eigenvalue weighted by atomic mass is 9.61. The molecule has 0 N–H and O–H groups in total. The first kappa shape index (κ1) is 15.2. The van der Waals surface area contributed by atoms with Crippen molar-refractivity contribution in [3.63, 3.8) is 0 Å². The molecule has 0 unspecified atom stereocenters. The van der Waals surface area contributed by atoms with Crippen LogP contribution in [0.3, 0.4) is 0 Å². The van der Waals surface area contributed by atoms with Crippen LogP contribution in [0.25, 0.3) is 0 Å². The van der Waals surface area contributed by atoms with Crippen molar-refractivity contribution in [3.8, 4) is 0 Å². The molecule has 1 spiro atoms. The zero-order valence-electron chi connectivity index (χ0n) is 13.3. The van der Waals surface area contributed by atoms with Crippen molar-refractivity contribution in [1.29, 1.82) is 0 Å². The van der Waals surface area contributed by atoms with Gasteiger partial charge in [-0.3, -0.25) is 9.59 Å². The minimum atomic E-state index is -0.802. The number of carbonyl (C=O) groups excluding carboxylic acids is 2. The number of benzene rings is 1. The minimum Gasteiger partial charge on any atom is -0.367 e. The largest absolute Gasteiger partial charge is 0.367 e. The van der Waals surface area contributed by atoms with Gasteiger partial charge in [0.2, 0.25) is 0 Å². The summed E-state index contributed by atoms with van der Waals surface area (Å²) in [7, 11) is 0. The zero-order valence-corrected chi connectivity index (χ0v) is 14.1. The summed E-state index contributed by atoms with van der Waals surface area (Å²) >= 11 is 6.22. The molecule has 0 bridgehead atoms. The molecule has 1 aromatic carbocycles. The van der Waals surface area contributed by atoms with Crippen molar-refractivity contribution in [2.75, 3.05) is 11.4 Å². The molecule has 4 heteroatoms. The predicted molar refractivity (Wildman–Crippen MR) is 91.1 cm³/mol. The fourth-order valence-corrected chi connectivity index (χ4v) is 5.03. The summed E-state index contributed by atoms with van der Waals surface area (Å²) in [4.78, 5) is 28.2. The van der Waals surface area contributed by atoms with Crippen molar-refractivity contribution in [2.24, 2.45) is 5.41 Å². The van der Waals surface area contributed by atoms with Crippen LogP contribution in [0, 0.1) is 5.41 Å². The molecular formula is C19H22ClNO2. The van der Waals surface area contributed by atoms with Gasteiger partial charge in [-0.1, -0.05) is 30.5 Å². The molecule has 1 aliphatic carbocycles. The highest BCUT2D eigenvalue weighted by Crippen LogP contribution is 2.49. The molecule has 4 rings (SSSR count). The number of hydrogen-bond acceptors (Lipinski definition) is 3. The number of halogens is 1. The van der Waals surface area contributed by atoms with Gasteiger partial charge in [0.25, 0.3) is 0 Å². The second-order valence-corrected chi connectivity index (χ2v) is 7.62. The molecule has 122 valence electrons. The van der Waals surface area contributed by atoms with Crippen LogP contribution >= 0.6 is 11.6 Å². The first-order valence-electron chi connectivity index (χ1n) is 8.74. The third-order valence-corrected chi connectivity index (χ3v) is 6.19. The highest BCUT2D eigenvalue weighted by Gasteiger charge is 2.56. The Kier molecular flexibility index (Phi) is 3.72. The van der Waals surface area contributed by atoms with Gasteiger partial charge in [0.15, 0.2) is 0 Å². The minimum absolute atomic E-state index is 0.0243. The summed E-state index contributed by atoms with van der Waals surface area (Å²) in [6.07, 6.45) is 6.71. The van der Waals surface area contributed by atoms with E-state index in [1.54, 1.807) is 0 Å². The van der Waals surface area contributed by atoms with Crippen molar-refractivity contribution < 1.29 is 9.59 Å². The third-order valence-electron chi connectivity index (χ3n) is 5.95. The standard InChI is InChI=1S/C19H22ClNO2/c20-14-9-8-13-12-19(17(22)6-4-7-18(19)23)16-5-2-1-3-10-21(16)15(13)11-14/h8-9,11,16H,1-7,10,12H2/t16-/m1/s1. The van der Waals surface area contributed by atoms with E-state index in [2.05, 4.69) is 4.90 Å². The van der Waals surface area contributed by atoms with Crippen molar-refractivity contribution >= 4 is 28.9 Å². The molecule has 0 aromatic heterocycles. The first-order chi connectivity index (χ1) is 11.1. The van der Waals surface area contributed by atoms with Crippen LogP contribution in [0.15, 0.2) is 18.2 Å². The van der Waals surface area contributed by atoms with Gasteiger partial charge in [-0.15, -0.1) is 0 Å². The molecule has 23 heavy (non-hydrogen) atoms. The smallest absolute Gasteiger partial charge is 0.148 e. The highest BCUT2D eigenvalue weighted by molar-refractivity contribution is 6.31. The molecule has 3 aliphatic rings. The Bertz CT molecular complexity index is 653. The van der Waals surface area contributed by atoms with Crippen LogP contribution in [-0.4, -0.2) is 24.2 Å². The second kappa shape index (κ2) is 5.62. The Hall–Kier alpha value is -1.35. The van der Waals surface area contributed by atoms with Crippen LogP contribution in [-0.2, 0) is 16.0 Å². The monoisotopic (exact) mass is 331 g/mol. The van der Waals surface area contributed by atoms with E-state index >= 15 is 0 Å². The fourth-order valence-electron chi connectivity index (χ4n) is 4.86. The van der Waals surface area contributed by atoms with E-state index in [1.807, 2.05) is 18.2 Å². The van der Waals surface area contributed by atoms with E-state index in [9.17, 15) is 9.59 Å². The van der Waals surface area contributed by atoms with Gasteiger partial charge in [0.05, 0.1) is 0 Å².